The first kappa shape index (κ1) is 20.8. The lowest BCUT2D eigenvalue weighted by Crippen LogP contribution is -2.19. The number of nitrogens with zero attached hydrogens (tertiary/aromatic N) is 2. The summed E-state index contributed by atoms with van der Waals surface area (Å²) in [7, 11) is -3.38. The lowest BCUT2D eigenvalue weighted by molar-refractivity contribution is -0.0366. The molecule has 27 heavy (non-hydrogen) atoms. The van der Waals surface area contributed by atoms with Gasteiger partial charge in [0.1, 0.15) is 0 Å². The molecule has 0 bridgehead atoms. The van der Waals surface area contributed by atoms with Crippen molar-refractivity contribution in [2.45, 2.75) is 52.2 Å². The van der Waals surface area contributed by atoms with E-state index in [2.05, 4.69) is 40.9 Å². The van der Waals surface area contributed by atoms with Gasteiger partial charge in [-0.1, -0.05) is 6.92 Å². The number of fused-ring (bicyclic) bond motifs is 1. The quantitative estimate of drug-likeness (QED) is 0.576. The number of hydrogen-bond acceptors (Lipinski definition) is 5. The van der Waals surface area contributed by atoms with Gasteiger partial charge >= 0.3 is 0 Å². The highest BCUT2D eigenvalue weighted by molar-refractivity contribution is 9.10. The summed E-state index contributed by atoms with van der Waals surface area (Å²) in [6.45, 7) is 5.23. The zero-order valence-electron chi connectivity index (χ0n) is 16.1. The molecule has 2 unspecified atom stereocenters. The van der Waals surface area contributed by atoms with Gasteiger partial charge in [-0.25, -0.2) is 4.68 Å². The predicted molar refractivity (Wildman–Crippen MR) is 109 cm³/mol. The third-order valence-electron chi connectivity index (χ3n) is 5.05. The fraction of sp³-hybridized carbons (Fsp3) is 0.632. The van der Waals surface area contributed by atoms with Gasteiger partial charge in [-0.2, -0.15) is 13.5 Å². The second-order valence-electron chi connectivity index (χ2n) is 7.45. The van der Waals surface area contributed by atoms with Gasteiger partial charge < -0.3 is 4.74 Å². The molecule has 2 heterocycles. The van der Waals surface area contributed by atoms with E-state index in [0.717, 1.165) is 53.9 Å². The Bertz CT molecular complexity index is 904. The van der Waals surface area contributed by atoms with Crippen LogP contribution in [-0.2, 0) is 25.5 Å². The van der Waals surface area contributed by atoms with Gasteiger partial charge in [-0.15, -0.1) is 0 Å². The summed E-state index contributed by atoms with van der Waals surface area (Å²) in [4.78, 5) is 0. The molecule has 3 rings (SSSR count). The molecule has 6 nitrogen and oxygen atoms in total. The van der Waals surface area contributed by atoms with Crippen molar-refractivity contribution in [2.24, 2.45) is 5.92 Å². The largest absolute Gasteiger partial charge is 0.356 e. The average molecular weight is 459 g/mol. The monoisotopic (exact) mass is 458 g/mol. The van der Waals surface area contributed by atoms with Gasteiger partial charge in [0.25, 0.3) is 10.1 Å². The van der Waals surface area contributed by atoms with Crippen LogP contribution in [0.4, 0.5) is 0 Å². The summed E-state index contributed by atoms with van der Waals surface area (Å²) in [5.41, 5.74) is 3.52. The summed E-state index contributed by atoms with van der Waals surface area (Å²) in [5, 5.41) is 5.68. The van der Waals surface area contributed by atoms with Crippen molar-refractivity contribution in [1.82, 2.24) is 9.78 Å². The lowest BCUT2D eigenvalue weighted by Gasteiger charge is -2.24. The van der Waals surface area contributed by atoms with E-state index in [0.29, 0.717) is 12.3 Å². The summed E-state index contributed by atoms with van der Waals surface area (Å²) >= 11 is 3.78. The zero-order chi connectivity index (χ0) is 19.6. The molecule has 1 aliphatic rings. The van der Waals surface area contributed by atoms with Crippen molar-refractivity contribution in [1.29, 1.82) is 0 Å². The zero-order valence-corrected chi connectivity index (χ0v) is 18.5. The van der Waals surface area contributed by atoms with E-state index in [4.69, 9.17) is 8.92 Å². The van der Waals surface area contributed by atoms with E-state index in [9.17, 15) is 8.42 Å². The Morgan fingerprint density at radius 3 is 2.89 bits per heavy atom. The van der Waals surface area contributed by atoms with E-state index in [-0.39, 0.29) is 12.8 Å². The molecule has 8 heteroatoms. The Morgan fingerprint density at radius 2 is 2.22 bits per heavy atom. The molecule has 1 fully saturated rings. The Balaban J connectivity index is 1.78. The summed E-state index contributed by atoms with van der Waals surface area (Å²) in [6, 6.07) is 2.18. The maximum Gasteiger partial charge on any atom is 0.264 e. The number of hydrogen-bond donors (Lipinski definition) is 0. The van der Waals surface area contributed by atoms with Gasteiger partial charge in [0.05, 0.1) is 24.6 Å². The molecule has 0 amide bonds. The van der Waals surface area contributed by atoms with E-state index in [1.54, 1.807) is 0 Å². The first-order valence-corrected chi connectivity index (χ1v) is 12.0. The molecule has 150 valence electrons. The van der Waals surface area contributed by atoms with Gasteiger partial charge in [-0.05, 0) is 78.1 Å². The molecule has 0 aliphatic carbocycles. The standard InChI is InChI=1S/C19H27BrN2O4S/c1-13(7-9-26-27(3,23)24)10-15-14(2)11-17-16(19(15)20)12-21-22(17)18-6-4-5-8-25-18/h11-13,18H,4-10H2,1-3H3. The minimum atomic E-state index is -3.38. The Morgan fingerprint density at radius 1 is 1.44 bits per heavy atom. The van der Waals surface area contributed by atoms with Crippen LogP contribution in [0.1, 0.15) is 50.0 Å². The maximum absolute atomic E-state index is 11.1. The molecule has 1 aromatic heterocycles. The van der Waals surface area contributed by atoms with Gasteiger partial charge in [0, 0.05) is 16.5 Å². The van der Waals surface area contributed by atoms with E-state index >= 15 is 0 Å². The Kier molecular flexibility index (Phi) is 6.61. The van der Waals surface area contributed by atoms with E-state index in [1.807, 2.05) is 10.9 Å². The molecule has 1 saturated heterocycles. The fourth-order valence-corrected chi connectivity index (χ4v) is 4.74. The summed E-state index contributed by atoms with van der Waals surface area (Å²) in [5.74, 6) is 0.302. The third-order valence-corrected chi connectivity index (χ3v) is 6.55. The summed E-state index contributed by atoms with van der Waals surface area (Å²) < 4.78 is 36.1. The van der Waals surface area contributed by atoms with Crippen LogP contribution in [0.2, 0.25) is 0 Å². The molecular formula is C19H27BrN2O4S. The Labute approximate surface area is 169 Å². The van der Waals surface area contributed by atoms with Crippen molar-refractivity contribution >= 4 is 37.0 Å². The average Bonchev–Trinajstić information content (AvgIpc) is 3.02. The highest BCUT2D eigenvalue weighted by atomic mass is 79.9. The summed E-state index contributed by atoms with van der Waals surface area (Å²) in [6.07, 6.45) is 7.80. The molecule has 0 spiro atoms. The van der Waals surface area contributed by atoms with E-state index < -0.39 is 10.1 Å². The Hall–Kier alpha value is -0.960. The van der Waals surface area contributed by atoms with Crippen LogP contribution in [-0.4, -0.2) is 37.7 Å². The fourth-order valence-electron chi connectivity index (χ4n) is 3.56. The smallest absolute Gasteiger partial charge is 0.264 e. The second kappa shape index (κ2) is 8.59. The molecule has 0 saturated carbocycles. The molecule has 2 aromatic rings. The normalized spacial score (nSPS) is 19.5. The first-order valence-electron chi connectivity index (χ1n) is 9.37. The SMILES string of the molecule is Cc1cc2c(cnn2C2CCCCO2)c(Br)c1CC(C)CCOS(C)(=O)=O. The van der Waals surface area contributed by atoms with Crippen molar-refractivity contribution in [3.8, 4) is 0 Å². The van der Waals surface area contributed by atoms with Gasteiger partial charge in [-0.3, -0.25) is 4.18 Å². The minimum absolute atomic E-state index is 0.0143. The number of aromatic nitrogens is 2. The maximum atomic E-state index is 11.1. The highest BCUT2D eigenvalue weighted by Gasteiger charge is 2.21. The lowest BCUT2D eigenvalue weighted by atomic mass is 9.94. The third kappa shape index (κ3) is 5.10. The molecule has 1 aliphatic heterocycles. The van der Waals surface area contributed by atoms with Gasteiger partial charge in [0.15, 0.2) is 6.23 Å². The van der Waals surface area contributed by atoms with Crippen LogP contribution in [0.3, 0.4) is 0 Å². The molecule has 0 N–H and O–H groups in total. The number of rotatable bonds is 7. The van der Waals surface area contributed by atoms with Crippen LogP contribution in [0.15, 0.2) is 16.7 Å². The van der Waals surface area contributed by atoms with Crippen LogP contribution in [0.5, 0.6) is 0 Å². The minimum Gasteiger partial charge on any atom is -0.356 e. The van der Waals surface area contributed by atoms with Crippen LogP contribution in [0.25, 0.3) is 10.9 Å². The van der Waals surface area contributed by atoms with Crippen LogP contribution in [0, 0.1) is 12.8 Å². The highest BCUT2D eigenvalue weighted by Crippen LogP contribution is 2.35. The van der Waals surface area contributed by atoms with Crippen molar-refractivity contribution < 1.29 is 17.3 Å². The van der Waals surface area contributed by atoms with Crippen molar-refractivity contribution in [2.75, 3.05) is 19.5 Å². The van der Waals surface area contributed by atoms with Crippen molar-refractivity contribution in [3.63, 3.8) is 0 Å². The molecular weight excluding hydrogens is 432 g/mol. The van der Waals surface area contributed by atoms with Crippen LogP contribution >= 0.6 is 15.9 Å². The predicted octanol–water partition coefficient (Wildman–Crippen LogP) is 4.35. The van der Waals surface area contributed by atoms with E-state index in [1.165, 1.54) is 11.1 Å². The van der Waals surface area contributed by atoms with Crippen molar-refractivity contribution in [3.05, 3.63) is 27.9 Å². The molecule has 0 radical (unpaired) electrons. The first-order chi connectivity index (χ1) is 12.8. The number of aryl methyl sites for hydroxylation is 1. The molecule has 2 atom stereocenters. The second-order valence-corrected chi connectivity index (χ2v) is 9.89. The van der Waals surface area contributed by atoms with Gasteiger partial charge in [0.2, 0.25) is 0 Å². The number of benzene rings is 1. The topological polar surface area (TPSA) is 70.4 Å². The van der Waals surface area contributed by atoms with Crippen LogP contribution < -0.4 is 0 Å². The molecule has 1 aromatic carbocycles. The number of ether oxygens (including phenoxy) is 1. The number of halogens is 1.